The lowest BCUT2D eigenvalue weighted by atomic mass is 9.99. The van der Waals surface area contributed by atoms with E-state index in [2.05, 4.69) is 4.74 Å². The molecular formula is C16H20N2O9S. The van der Waals surface area contributed by atoms with E-state index in [1.54, 1.807) is 17.8 Å². The fourth-order valence-electron chi connectivity index (χ4n) is 2.40. The zero-order valence-corrected chi connectivity index (χ0v) is 15.8. The molecule has 2 heterocycles. The number of carbonyl (C=O) groups is 6. The van der Waals surface area contributed by atoms with Crippen LogP contribution in [0.25, 0.3) is 0 Å². The Labute approximate surface area is 163 Å². The number of carbonyl (C=O) groups excluding carboxylic acids is 4. The molecule has 4 N–H and O–H groups in total. The molecule has 0 saturated carbocycles. The van der Waals surface area contributed by atoms with Crippen LogP contribution in [0, 0.1) is 5.92 Å². The second kappa shape index (κ2) is 10.4. The first-order valence-electron chi connectivity index (χ1n) is 8.07. The van der Waals surface area contributed by atoms with Gasteiger partial charge in [0.1, 0.15) is 5.70 Å². The van der Waals surface area contributed by atoms with Crippen LogP contribution in [0.2, 0.25) is 0 Å². The predicted octanol–water partition coefficient (Wildman–Crippen LogP) is -0.655. The van der Waals surface area contributed by atoms with Crippen molar-refractivity contribution >= 4 is 47.3 Å². The summed E-state index contributed by atoms with van der Waals surface area (Å²) in [4.78, 5) is 65.3. The number of amides is 2. The molecular weight excluding hydrogens is 396 g/mol. The summed E-state index contributed by atoms with van der Waals surface area (Å²) < 4.78 is 4.59. The zero-order valence-electron chi connectivity index (χ0n) is 15.0. The van der Waals surface area contributed by atoms with Crippen molar-refractivity contribution in [1.29, 1.82) is 0 Å². The average Bonchev–Trinajstić information content (AvgIpc) is 2.58. The van der Waals surface area contributed by atoms with E-state index in [1.807, 2.05) is 0 Å². The van der Waals surface area contributed by atoms with Gasteiger partial charge in [-0.25, -0.2) is 9.59 Å². The summed E-state index contributed by atoms with van der Waals surface area (Å²) in [6, 6.07) is 0. The van der Waals surface area contributed by atoms with Crippen molar-refractivity contribution < 1.29 is 43.7 Å². The highest BCUT2D eigenvalue weighted by Crippen LogP contribution is 2.36. The van der Waals surface area contributed by atoms with Gasteiger partial charge >= 0.3 is 17.9 Å². The first-order chi connectivity index (χ1) is 13.0. The molecule has 2 rings (SSSR count). The third-order valence-corrected chi connectivity index (χ3v) is 4.80. The van der Waals surface area contributed by atoms with Gasteiger partial charge in [-0.3, -0.25) is 24.1 Å². The van der Waals surface area contributed by atoms with Crippen LogP contribution in [-0.2, 0) is 33.5 Å². The number of hydrogen-bond acceptors (Lipinski definition) is 8. The number of rotatable bonds is 8. The Hall–Kier alpha value is -2.89. The molecule has 0 bridgehead atoms. The molecule has 0 aromatic heterocycles. The number of ketones is 1. The molecule has 28 heavy (non-hydrogen) atoms. The van der Waals surface area contributed by atoms with Gasteiger partial charge in [-0.05, 0) is 6.08 Å². The van der Waals surface area contributed by atoms with Crippen LogP contribution >= 0.6 is 11.8 Å². The fraction of sp³-hybridized carbons (Fsp3) is 0.500. The first kappa shape index (κ1) is 23.1. The van der Waals surface area contributed by atoms with Crippen LogP contribution in [-0.4, -0.2) is 68.4 Å². The van der Waals surface area contributed by atoms with Gasteiger partial charge in [0.15, 0.2) is 0 Å². The highest BCUT2D eigenvalue weighted by Gasteiger charge is 2.42. The number of aliphatic carboxylic acids is 2. The fourth-order valence-corrected chi connectivity index (χ4v) is 3.51. The summed E-state index contributed by atoms with van der Waals surface area (Å²) in [5.74, 6) is -4.97. The Morgan fingerprint density at radius 2 is 1.93 bits per heavy atom. The summed E-state index contributed by atoms with van der Waals surface area (Å²) in [5, 5.41) is 17.2. The van der Waals surface area contributed by atoms with Gasteiger partial charge in [0.2, 0.25) is 17.6 Å². The summed E-state index contributed by atoms with van der Waals surface area (Å²) in [6.07, 6.45) is 1.48. The molecule has 0 radical (unpaired) electrons. The van der Waals surface area contributed by atoms with E-state index in [0.717, 1.165) is 0 Å². The lowest BCUT2D eigenvalue weighted by molar-refractivity contribution is -0.150. The molecule has 1 fully saturated rings. The Morgan fingerprint density at radius 3 is 2.36 bits per heavy atom. The standard InChI is InChI=1S/C9H13NO6.C7H7NO3S/c1-5(11)16-4-6(3-8(10)13)2-7(12)9(14)15;9-5-3-6-8(5)4(7(10)11)1-2-12-6/h6H,2-4H2,1H3,(H2,10,13)(H,14,15);1,6H,2-3H2,(H,10,11)/t;6-/m.0/s1. The zero-order chi connectivity index (χ0) is 21.4. The van der Waals surface area contributed by atoms with Crippen molar-refractivity contribution in [2.45, 2.75) is 31.6 Å². The minimum absolute atomic E-state index is 0.0774. The van der Waals surface area contributed by atoms with Gasteiger partial charge in [-0.2, -0.15) is 0 Å². The number of Topliss-reactive ketones (excluding diaryl/α,β-unsaturated/α-hetero) is 1. The van der Waals surface area contributed by atoms with Crippen molar-refractivity contribution in [3.8, 4) is 0 Å². The van der Waals surface area contributed by atoms with Gasteiger partial charge in [0.25, 0.3) is 0 Å². The molecule has 12 heteroatoms. The number of thioether (sulfide) groups is 1. The summed E-state index contributed by atoms with van der Waals surface area (Å²) >= 11 is 1.60. The van der Waals surface area contributed by atoms with Crippen molar-refractivity contribution in [3.63, 3.8) is 0 Å². The highest BCUT2D eigenvalue weighted by atomic mass is 32.2. The maximum absolute atomic E-state index is 11.0. The number of carboxylic acid groups (broad SMARTS) is 2. The number of esters is 1. The van der Waals surface area contributed by atoms with Crippen molar-refractivity contribution in [3.05, 3.63) is 11.8 Å². The van der Waals surface area contributed by atoms with E-state index in [1.165, 1.54) is 11.8 Å². The molecule has 11 nitrogen and oxygen atoms in total. The molecule has 0 aliphatic carbocycles. The van der Waals surface area contributed by atoms with Crippen molar-refractivity contribution in [2.75, 3.05) is 12.4 Å². The van der Waals surface area contributed by atoms with Gasteiger partial charge in [-0.15, -0.1) is 11.8 Å². The van der Waals surface area contributed by atoms with Crippen molar-refractivity contribution in [1.82, 2.24) is 4.90 Å². The average molecular weight is 416 g/mol. The van der Waals surface area contributed by atoms with Gasteiger partial charge < -0.3 is 20.7 Å². The Kier molecular flexibility index (Phi) is 8.64. The summed E-state index contributed by atoms with van der Waals surface area (Å²) in [6.45, 7) is 0.970. The highest BCUT2D eigenvalue weighted by molar-refractivity contribution is 8.00. The first-order valence-corrected chi connectivity index (χ1v) is 9.12. The van der Waals surface area contributed by atoms with Crippen LogP contribution in [0.15, 0.2) is 11.8 Å². The number of nitrogens with zero attached hydrogens (tertiary/aromatic N) is 1. The SMILES string of the molecule is CC(=O)OCC(CC(N)=O)CC(=O)C(=O)O.O=C(O)C1=CCS[C@H]2CC(=O)N12. The summed E-state index contributed by atoms with van der Waals surface area (Å²) in [7, 11) is 0. The molecule has 154 valence electrons. The molecule has 1 unspecified atom stereocenters. The molecule has 0 aromatic rings. The minimum atomic E-state index is -1.59. The normalized spacial score (nSPS) is 18.3. The number of hydrogen-bond donors (Lipinski definition) is 3. The lowest BCUT2D eigenvalue weighted by Gasteiger charge is -2.42. The number of primary amides is 1. The van der Waals surface area contributed by atoms with Crippen LogP contribution in [0.3, 0.4) is 0 Å². The van der Waals surface area contributed by atoms with E-state index in [9.17, 15) is 28.8 Å². The van der Waals surface area contributed by atoms with Crippen LogP contribution in [0.4, 0.5) is 0 Å². The van der Waals surface area contributed by atoms with Gasteiger partial charge in [0.05, 0.1) is 18.4 Å². The van der Waals surface area contributed by atoms with Gasteiger partial charge in [0, 0.05) is 31.4 Å². The van der Waals surface area contributed by atoms with Crippen LogP contribution in [0.5, 0.6) is 0 Å². The topological polar surface area (TPSA) is 181 Å². The Morgan fingerprint density at radius 1 is 1.29 bits per heavy atom. The van der Waals surface area contributed by atoms with Crippen LogP contribution in [0.1, 0.15) is 26.2 Å². The molecule has 0 aromatic carbocycles. The molecule has 2 aliphatic heterocycles. The Balaban J connectivity index is 0.000000289. The molecule has 2 atom stereocenters. The number of ether oxygens (including phenoxy) is 1. The molecule has 2 aliphatic rings. The Bertz CT molecular complexity index is 719. The molecule has 1 saturated heterocycles. The maximum Gasteiger partial charge on any atom is 0.372 e. The lowest BCUT2D eigenvalue weighted by Crippen LogP contribution is -2.52. The summed E-state index contributed by atoms with van der Waals surface area (Å²) in [5.41, 5.74) is 5.06. The second-order valence-corrected chi connectivity index (χ2v) is 7.13. The number of fused-ring (bicyclic) bond motifs is 1. The van der Waals surface area contributed by atoms with E-state index in [-0.39, 0.29) is 36.4 Å². The molecule has 0 spiro atoms. The monoisotopic (exact) mass is 416 g/mol. The third-order valence-electron chi connectivity index (χ3n) is 3.67. The molecule has 2 amide bonds. The smallest absolute Gasteiger partial charge is 0.372 e. The largest absolute Gasteiger partial charge is 0.477 e. The van der Waals surface area contributed by atoms with E-state index >= 15 is 0 Å². The van der Waals surface area contributed by atoms with Gasteiger partial charge in [-0.1, -0.05) is 0 Å². The number of carboxylic acids is 2. The van der Waals surface area contributed by atoms with E-state index in [4.69, 9.17) is 15.9 Å². The van der Waals surface area contributed by atoms with Crippen LogP contribution < -0.4 is 5.73 Å². The van der Waals surface area contributed by atoms with Crippen molar-refractivity contribution in [2.24, 2.45) is 11.7 Å². The van der Waals surface area contributed by atoms with E-state index in [0.29, 0.717) is 12.2 Å². The quantitative estimate of drug-likeness (QED) is 0.261. The minimum Gasteiger partial charge on any atom is -0.477 e. The number of β-lactam (4-membered cyclic amide) rings is 1. The second-order valence-electron chi connectivity index (χ2n) is 5.92. The number of nitrogens with two attached hydrogens (primary N) is 1. The predicted molar refractivity (Wildman–Crippen MR) is 94.6 cm³/mol. The third kappa shape index (κ3) is 7.02. The maximum atomic E-state index is 11.0. The van der Waals surface area contributed by atoms with E-state index < -0.39 is 35.5 Å².